The highest BCUT2D eigenvalue weighted by Gasteiger charge is 2.28. The first kappa shape index (κ1) is 18.9. The average Bonchev–Trinajstić information content (AvgIpc) is 2.91. The number of ether oxygens (including phenoxy) is 1. The van der Waals surface area contributed by atoms with Gasteiger partial charge in [-0.05, 0) is 24.6 Å². The molecule has 1 aromatic carbocycles. The second kappa shape index (κ2) is 7.80. The van der Waals surface area contributed by atoms with Crippen LogP contribution in [0.15, 0.2) is 22.7 Å². The third-order valence-corrected chi connectivity index (χ3v) is 5.40. The van der Waals surface area contributed by atoms with E-state index in [2.05, 4.69) is 40.1 Å². The molecule has 2 aromatic rings. The van der Waals surface area contributed by atoms with E-state index in [1.807, 2.05) is 18.2 Å². The monoisotopic (exact) mass is 422 g/mol. The van der Waals surface area contributed by atoms with Crippen molar-refractivity contribution in [1.29, 1.82) is 0 Å². The highest BCUT2D eigenvalue weighted by Crippen LogP contribution is 2.30. The highest BCUT2D eigenvalue weighted by molar-refractivity contribution is 9.10. The largest absolute Gasteiger partial charge is 0.464 e. The van der Waals surface area contributed by atoms with E-state index in [0.29, 0.717) is 24.1 Å². The van der Waals surface area contributed by atoms with E-state index < -0.39 is 5.97 Å². The number of esters is 1. The Labute approximate surface area is 161 Å². The van der Waals surface area contributed by atoms with Gasteiger partial charge in [0.25, 0.3) is 5.91 Å². The summed E-state index contributed by atoms with van der Waals surface area (Å²) >= 11 is 3.44. The number of quaternary nitrogens is 1. The summed E-state index contributed by atoms with van der Waals surface area (Å²) in [7, 11) is 1.33. The number of carbonyl (C=O) groups is 2. The molecule has 3 rings (SSSR count). The molecule has 140 valence electrons. The van der Waals surface area contributed by atoms with E-state index in [1.54, 1.807) is 0 Å². The van der Waals surface area contributed by atoms with Crippen LogP contribution >= 0.6 is 15.9 Å². The van der Waals surface area contributed by atoms with Crippen LogP contribution in [-0.2, 0) is 9.53 Å². The number of rotatable bonds is 4. The second-order valence-electron chi connectivity index (χ2n) is 7.39. The van der Waals surface area contributed by atoms with Gasteiger partial charge in [0, 0.05) is 27.2 Å². The zero-order valence-electron chi connectivity index (χ0n) is 15.3. The van der Waals surface area contributed by atoms with Gasteiger partial charge in [-0.3, -0.25) is 4.79 Å². The Balaban J connectivity index is 1.83. The Bertz CT molecular complexity index is 823. The number of halogens is 1. The second-order valence-corrected chi connectivity index (χ2v) is 8.30. The Morgan fingerprint density at radius 2 is 2.00 bits per heavy atom. The standard InChI is InChI=1S/C19H24BrN3O3/c1-11-6-12(2)9-23(8-11)10-16(24)22-17-14-7-13(20)4-5-15(14)21-18(17)19(25)26-3/h4-5,7,11-12,21H,6,8-10H2,1-3H3,(H,22,24)/p+1/t11-,12+. The normalized spacial score (nSPS) is 23.0. The van der Waals surface area contributed by atoms with Crippen molar-refractivity contribution in [1.82, 2.24) is 4.98 Å². The zero-order valence-corrected chi connectivity index (χ0v) is 16.9. The lowest BCUT2D eigenvalue weighted by Gasteiger charge is -2.31. The molecule has 3 atom stereocenters. The fraction of sp³-hybridized carbons (Fsp3) is 0.474. The summed E-state index contributed by atoms with van der Waals surface area (Å²) in [6.07, 6.45) is 1.22. The summed E-state index contributed by atoms with van der Waals surface area (Å²) in [5.74, 6) is 0.653. The van der Waals surface area contributed by atoms with Crippen molar-refractivity contribution in [2.75, 3.05) is 32.1 Å². The van der Waals surface area contributed by atoms with Gasteiger partial charge in [-0.1, -0.05) is 29.8 Å². The Morgan fingerprint density at radius 1 is 1.31 bits per heavy atom. The van der Waals surface area contributed by atoms with Crippen LogP contribution in [0.25, 0.3) is 10.9 Å². The van der Waals surface area contributed by atoms with Crippen LogP contribution in [0.5, 0.6) is 0 Å². The fourth-order valence-corrected chi connectivity index (χ4v) is 4.39. The van der Waals surface area contributed by atoms with E-state index in [1.165, 1.54) is 18.4 Å². The SMILES string of the molecule is COC(=O)c1[nH]c2ccc(Br)cc2c1NC(=O)C[NH+]1C[C@H](C)C[C@H](C)C1. The van der Waals surface area contributed by atoms with E-state index in [0.717, 1.165) is 28.5 Å². The van der Waals surface area contributed by atoms with Crippen LogP contribution in [0, 0.1) is 11.8 Å². The first-order valence-electron chi connectivity index (χ1n) is 8.90. The van der Waals surface area contributed by atoms with Crippen molar-refractivity contribution in [3.8, 4) is 0 Å². The third kappa shape index (κ3) is 4.10. The summed E-state index contributed by atoms with van der Waals surface area (Å²) in [5.41, 5.74) is 1.52. The van der Waals surface area contributed by atoms with Crippen molar-refractivity contribution in [3.63, 3.8) is 0 Å². The number of anilines is 1. The molecule has 1 aromatic heterocycles. The minimum atomic E-state index is -0.500. The third-order valence-electron chi connectivity index (χ3n) is 4.90. The molecule has 1 fully saturated rings. The predicted molar refractivity (Wildman–Crippen MR) is 104 cm³/mol. The highest BCUT2D eigenvalue weighted by atomic mass is 79.9. The molecule has 0 spiro atoms. The lowest BCUT2D eigenvalue weighted by molar-refractivity contribution is -0.904. The summed E-state index contributed by atoms with van der Waals surface area (Å²) in [5, 5.41) is 3.72. The molecule has 1 aliphatic heterocycles. The van der Waals surface area contributed by atoms with Gasteiger partial charge in [0.15, 0.2) is 6.54 Å². The number of benzene rings is 1. The number of H-pyrrole nitrogens is 1. The van der Waals surface area contributed by atoms with Crippen molar-refractivity contribution in [2.45, 2.75) is 20.3 Å². The summed E-state index contributed by atoms with van der Waals surface area (Å²) in [6, 6.07) is 5.62. The van der Waals surface area contributed by atoms with E-state index >= 15 is 0 Å². The number of amides is 1. The Hall–Kier alpha value is -1.86. The van der Waals surface area contributed by atoms with Crippen LogP contribution in [-0.4, -0.2) is 43.6 Å². The van der Waals surface area contributed by atoms with Gasteiger partial charge in [-0.15, -0.1) is 0 Å². The lowest BCUT2D eigenvalue weighted by Crippen LogP contribution is -3.15. The molecule has 1 unspecified atom stereocenters. The maximum Gasteiger partial charge on any atom is 0.356 e. The number of nitrogens with one attached hydrogen (secondary N) is 3. The first-order chi connectivity index (χ1) is 12.4. The molecule has 6 nitrogen and oxygen atoms in total. The molecule has 3 N–H and O–H groups in total. The number of piperidine rings is 1. The predicted octanol–water partition coefficient (Wildman–Crippen LogP) is 2.22. The van der Waals surface area contributed by atoms with E-state index in [4.69, 9.17) is 4.74 Å². The van der Waals surface area contributed by atoms with Gasteiger partial charge < -0.3 is 19.9 Å². The van der Waals surface area contributed by atoms with Crippen LogP contribution in [0.3, 0.4) is 0 Å². The van der Waals surface area contributed by atoms with Gasteiger partial charge in [0.05, 0.1) is 25.9 Å². The molecule has 1 saturated heterocycles. The molecule has 0 aliphatic carbocycles. The summed E-state index contributed by atoms with van der Waals surface area (Å²) in [4.78, 5) is 29.1. The number of hydrogen-bond acceptors (Lipinski definition) is 3. The molecule has 26 heavy (non-hydrogen) atoms. The molecule has 0 bridgehead atoms. The zero-order chi connectivity index (χ0) is 18.8. The van der Waals surface area contributed by atoms with Crippen LogP contribution in [0.4, 0.5) is 5.69 Å². The lowest BCUT2D eigenvalue weighted by atomic mass is 9.92. The van der Waals surface area contributed by atoms with Crippen LogP contribution in [0.1, 0.15) is 30.8 Å². The first-order valence-corrected chi connectivity index (χ1v) is 9.69. The molecule has 0 radical (unpaired) electrons. The average molecular weight is 423 g/mol. The number of fused-ring (bicyclic) bond motifs is 1. The van der Waals surface area contributed by atoms with E-state index in [-0.39, 0.29) is 11.6 Å². The van der Waals surface area contributed by atoms with Gasteiger partial charge in [-0.2, -0.15) is 0 Å². The molecule has 1 amide bonds. The minimum absolute atomic E-state index is 0.0904. The van der Waals surface area contributed by atoms with E-state index in [9.17, 15) is 9.59 Å². The molecular weight excluding hydrogens is 398 g/mol. The van der Waals surface area contributed by atoms with Crippen LogP contribution in [0.2, 0.25) is 0 Å². The Morgan fingerprint density at radius 3 is 2.65 bits per heavy atom. The van der Waals surface area contributed by atoms with Crippen molar-refractivity contribution in [3.05, 3.63) is 28.4 Å². The maximum absolute atomic E-state index is 12.7. The van der Waals surface area contributed by atoms with Gasteiger partial charge >= 0.3 is 5.97 Å². The maximum atomic E-state index is 12.7. The fourth-order valence-electron chi connectivity index (χ4n) is 4.03. The minimum Gasteiger partial charge on any atom is -0.464 e. The number of aromatic nitrogens is 1. The number of carbonyl (C=O) groups excluding carboxylic acids is 2. The van der Waals surface area contributed by atoms with Crippen molar-refractivity contribution < 1.29 is 19.2 Å². The smallest absolute Gasteiger partial charge is 0.356 e. The van der Waals surface area contributed by atoms with Gasteiger partial charge in [0.1, 0.15) is 5.69 Å². The quantitative estimate of drug-likeness (QED) is 0.661. The molecule has 0 saturated carbocycles. The number of hydrogen-bond donors (Lipinski definition) is 3. The molecule has 7 heteroatoms. The van der Waals surface area contributed by atoms with Gasteiger partial charge in [-0.25, -0.2) is 4.79 Å². The number of aromatic amines is 1. The number of methoxy groups -OCH3 is 1. The topological polar surface area (TPSA) is 75.6 Å². The summed E-state index contributed by atoms with van der Waals surface area (Å²) in [6.45, 7) is 6.87. The van der Waals surface area contributed by atoms with Gasteiger partial charge in [0.2, 0.25) is 0 Å². The Kier molecular flexibility index (Phi) is 5.67. The molecule has 2 heterocycles. The summed E-state index contributed by atoms with van der Waals surface area (Å²) < 4.78 is 5.73. The van der Waals surface area contributed by atoms with Crippen molar-refractivity contribution in [2.24, 2.45) is 11.8 Å². The number of likely N-dealkylation sites (tertiary alicyclic amines) is 1. The molecule has 1 aliphatic rings. The van der Waals surface area contributed by atoms with Crippen molar-refractivity contribution >= 4 is 44.4 Å². The molecular formula is C19H25BrN3O3+. The van der Waals surface area contributed by atoms with Crippen LogP contribution < -0.4 is 10.2 Å².